The first-order valence-corrected chi connectivity index (χ1v) is 5.52. The maximum Gasteiger partial charge on any atom is 0.0413 e. The molecule has 1 rings (SSSR count). The summed E-state index contributed by atoms with van der Waals surface area (Å²) < 4.78 is 1.06. The molecular weight excluding hydrogens is 226 g/mol. The van der Waals surface area contributed by atoms with Crippen LogP contribution in [0.5, 0.6) is 0 Å². The van der Waals surface area contributed by atoms with Crippen LogP contribution in [0, 0.1) is 6.92 Å². The summed E-state index contributed by atoms with van der Waals surface area (Å²) in [7, 11) is 0. The molecule has 1 heterocycles. The fraction of sp³-hybridized carbons (Fsp3) is 0.545. The molecule has 0 unspecified atom stereocenters. The molecule has 0 spiro atoms. The van der Waals surface area contributed by atoms with E-state index in [-0.39, 0.29) is 0 Å². The molecule has 0 aromatic carbocycles. The molecule has 2 heteroatoms. The molecule has 0 bridgehead atoms. The van der Waals surface area contributed by atoms with Crippen LogP contribution in [0.25, 0.3) is 0 Å². The van der Waals surface area contributed by atoms with Crippen molar-refractivity contribution in [3.8, 4) is 0 Å². The number of nitrogens with zero attached hydrogens (tertiary/aromatic N) is 1. The van der Waals surface area contributed by atoms with Gasteiger partial charge in [0.2, 0.25) is 0 Å². The lowest BCUT2D eigenvalue weighted by Gasteiger charge is -2.07. The van der Waals surface area contributed by atoms with E-state index in [9.17, 15) is 0 Å². The van der Waals surface area contributed by atoms with Crippen molar-refractivity contribution in [1.82, 2.24) is 4.98 Å². The molecule has 1 aromatic rings. The van der Waals surface area contributed by atoms with Gasteiger partial charge in [0.05, 0.1) is 0 Å². The normalized spacial score (nSPS) is 9.46. The number of aryl methyl sites for hydroxylation is 1. The van der Waals surface area contributed by atoms with Gasteiger partial charge in [-0.05, 0) is 40.4 Å². The average molecular weight is 244 g/mol. The Morgan fingerprint density at radius 3 is 2.23 bits per heavy atom. The van der Waals surface area contributed by atoms with E-state index in [2.05, 4.69) is 40.8 Å². The van der Waals surface area contributed by atoms with E-state index >= 15 is 0 Å². The van der Waals surface area contributed by atoms with E-state index in [0.717, 1.165) is 10.2 Å². The number of pyridine rings is 1. The fourth-order valence-electron chi connectivity index (χ4n) is 1.11. The van der Waals surface area contributed by atoms with Crippen molar-refractivity contribution in [1.29, 1.82) is 0 Å². The van der Waals surface area contributed by atoms with Crippen LogP contribution in [0.15, 0.2) is 16.7 Å². The third kappa shape index (κ3) is 3.90. The molecule has 1 nitrogen and oxygen atoms in total. The quantitative estimate of drug-likeness (QED) is 0.717. The Morgan fingerprint density at radius 2 is 1.85 bits per heavy atom. The largest absolute Gasteiger partial charge is 0.260 e. The van der Waals surface area contributed by atoms with Crippen LogP contribution in [-0.2, 0) is 0 Å². The van der Waals surface area contributed by atoms with E-state index in [0.29, 0.717) is 5.92 Å². The minimum atomic E-state index is 0.556. The predicted octanol–water partition coefficient (Wildman–Crippen LogP) is 4.30. The molecular formula is C11H18BrN. The molecule has 0 aliphatic rings. The first kappa shape index (κ1) is 12.6. The second-order valence-corrected chi connectivity index (χ2v) is 3.90. The Balaban J connectivity index is 0.000000671. The van der Waals surface area contributed by atoms with Gasteiger partial charge >= 0.3 is 0 Å². The second kappa shape index (κ2) is 6.14. The summed E-state index contributed by atoms with van der Waals surface area (Å²) in [4.78, 5) is 4.25. The summed E-state index contributed by atoms with van der Waals surface area (Å²) in [5.41, 5.74) is 2.45. The van der Waals surface area contributed by atoms with Crippen LogP contribution in [-0.4, -0.2) is 4.98 Å². The van der Waals surface area contributed by atoms with Crippen molar-refractivity contribution in [3.63, 3.8) is 0 Å². The van der Waals surface area contributed by atoms with Crippen molar-refractivity contribution >= 4 is 15.9 Å². The zero-order valence-corrected chi connectivity index (χ0v) is 10.6. The third-order valence-electron chi connectivity index (χ3n) is 1.71. The van der Waals surface area contributed by atoms with Gasteiger partial charge in [0.1, 0.15) is 0 Å². The van der Waals surface area contributed by atoms with E-state index < -0.39 is 0 Å². The van der Waals surface area contributed by atoms with Crippen molar-refractivity contribution in [3.05, 3.63) is 28.0 Å². The standard InChI is InChI=1S/C9H12BrN.C2H6/c1-6(2)9-4-8(10)5-11-7(9)3;1-2/h4-6H,1-3H3;1-2H3. The number of aromatic nitrogens is 1. The summed E-state index contributed by atoms with van der Waals surface area (Å²) in [5, 5.41) is 0. The summed E-state index contributed by atoms with van der Waals surface area (Å²) in [6.45, 7) is 10.4. The van der Waals surface area contributed by atoms with Crippen molar-refractivity contribution in [2.75, 3.05) is 0 Å². The van der Waals surface area contributed by atoms with Crippen LogP contribution in [0.2, 0.25) is 0 Å². The number of hydrogen-bond donors (Lipinski definition) is 0. The van der Waals surface area contributed by atoms with Crippen LogP contribution in [0.1, 0.15) is 44.9 Å². The summed E-state index contributed by atoms with van der Waals surface area (Å²) >= 11 is 3.40. The van der Waals surface area contributed by atoms with Gasteiger partial charge in [-0.25, -0.2) is 0 Å². The highest BCUT2D eigenvalue weighted by atomic mass is 79.9. The topological polar surface area (TPSA) is 12.9 Å². The predicted molar refractivity (Wildman–Crippen MR) is 62.1 cm³/mol. The molecule has 0 atom stereocenters. The number of halogens is 1. The fourth-order valence-corrected chi connectivity index (χ4v) is 1.46. The molecule has 0 N–H and O–H groups in total. The van der Waals surface area contributed by atoms with E-state index in [1.54, 1.807) is 0 Å². The van der Waals surface area contributed by atoms with Gasteiger partial charge in [-0.3, -0.25) is 4.98 Å². The highest BCUT2D eigenvalue weighted by molar-refractivity contribution is 9.10. The highest BCUT2D eigenvalue weighted by Gasteiger charge is 2.03. The molecule has 0 radical (unpaired) electrons. The minimum Gasteiger partial charge on any atom is -0.260 e. The van der Waals surface area contributed by atoms with Gasteiger partial charge in [-0.1, -0.05) is 27.7 Å². The van der Waals surface area contributed by atoms with Crippen molar-refractivity contribution in [2.45, 2.75) is 40.5 Å². The van der Waals surface area contributed by atoms with Gasteiger partial charge < -0.3 is 0 Å². The van der Waals surface area contributed by atoms with Gasteiger partial charge in [0.15, 0.2) is 0 Å². The SMILES string of the molecule is CC.Cc1ncc(Br)cc1C(C)C. The van der Waals surface area contributed by atoms with Gasteiger partial charge in [0, 0.05) is 16.4 Å². The maximum absolute atomic E-state index is 4.25. The highest BCUT2D eigenvalue weighted by Crippen LogP contribution is 2.20. The maximum atomic E-state index is 4.25. The van der Waals surface area contributed by atoms with Crippen molar-refractivity contribution in [2.24, 2.45) is 0 Å². The lowest BCUT2D eigenvalue weighted by atomic mass is 10.0. The molecule has 0 saturated heterocycles. The molecule has 0 fully saturated rings. The Hall–Kier alpha value is -0.370. The van der Waals surface area contributed by atoms with Gasteiger partial charge in [0.25, 0.3) is 0 Å². The van der Waals surface area contributed by atoms with Crippen molar-refractivity contribution < 1.29 is 0 Å². The monoisotopic (exact) mass is 243 g/mol. The van der Waals surface area contributed by atoms with Crippen LogP contribution >= 0.6 is 15.9 Å². The van der Waals surface area contributed by atoms with E-state index in [1.165, 1.54) is 5.56 Å². The molecule has 0 amide bonds. The summed E-state index contributed by atoms with van der Waals surface area (Å²) in [6.07, 6.45) is 1.83. The second-order valence-electron chi connectivity index (χ2n) is 2.98. The Kier molecular flexibility index (Phi) is 5.97. The summed E-state index contributed by atoms with van der Waals surface area (Å²) in [6, 6.07) is 2.13. The zero-order valence-electron chi connectivity index (χ0n) is 9.06. The zero-order chi connectivity index (χ0) is 10.4. The number of hydrogen-bond acceptors (Lipinski definition) is 1. The van der Waals surface area contributed by atoms with Gasteiger partial charge in [-0.2, -0.15) is 0 Å². The average Bonchev–Trinajstić information content (AvgIpc) is 2.12. The Bertz CT molecular complexity index is 256. The van der Waals surface area contributed by atoms with E-state index in [1.807, 2.05) is 27.0 Å². The molecule has 0 aliphatic carbocycles. The smallest absolute Gasteiger partial charge is 0.0413 e. The first-order chi connectivity index (χ1) is 6.11. The van der Waals surface area contributed by atoms with E-state index in [4.69, 9.17) is 0 Å². The molecule has 74 valence electrons. The molecule has 0 saturated carbocycles. The number of rotatable bonds is 1. The van der Waals surface area contributed by atoms with Gasteiger partial charge in [-0.15, -0.1) is 0 Å². The third-order valence-corrected chi connectivity index (χ3v) is 2.15. The van der Waals surface area contributed by atoms with Crippen LogP contribution in [0.4, 0.5) is 0 Å². The Labute approximate surface area is 89.7 Å². The lowest BCUT2D eigenvalue weighted by Crippen LogP contribution is -1.94. The van der Waals surface area contributed by atoms with Crippen LogP contribution < -0.4 is 0 Å². The molecule has 13 heavy (non-hydrogen) atoms. The molecule has 0 aliphatic heterocycles. The Morgan fingerprint density at radius 1 is 1.31 bits per heavy atom. The lowest BCUT2D eigenvalue weighted by molar-refractivity contribution is 0.841. The first-order valence-electron chi connectivity index (χ1n) is 4.73. The van der Waals surface area contributed by atoms with Crippen LogP contribution in [0.3, 0.4) is 0 Å². The summed E-state index contributed by atoms with van der Waals surface area (Å²) in [5.74, 6) is 0.556. The molecule has 1 aromatic heterocycles. The minimum absolute atomic E-state index is 0.556.